The molecule has 1 saturated heterocycles. The lowest BCUT2D eigenvalue weighted by Crippen LogP contribution is -2.55. The van der Waals surface area contributed by atoms with E-state index in [2.05, 4.69) is 15.4 Å². The number of hydrogen-bond donors (Lipinski definition) is 1. The second-order valence-electron chi connectivity index (χ2n) is 6.12. The number of hydrogen-bond acceptors (Lipinski definition) is 4. The van der Waals surface area contributed by atoms with E-state index in [0.29, 0.717) is 37.2 Å². The highest BCUT2D eigenvalue weighted by molar-refractivity contribution is 6.30. The summed E-state index contributed by atoms with van der Waals surface area (Å²) in [6.07, 6.45) is 3.54. The highest BCUT2D eigenvalue weighted by Gasteiger charge is 2.27. The number of rotatable bonds is 5. The Morgan fingerprint density at radius 1 is 1.41 bits per heavy atom. The maximum absolute atomic E-state index is 12.5. The Balaban J connectivity index is 1.48. The smallest absolute Gasteiger partial charge is 0.246 e. The van der Waals surface area contributed by atoms with Gasteiger partial charge in [0, 0.05) is 38.4 Å². The number of aliphatic imine (C=N–C) groups is 1. The van der Waals surface area contributed by atoms with Gasteiger partial charge < -0.3 is 19.9 Å². The minimum absolute atomic E-state index is 0.0207. The summed E-state index contributed by atoms with van der Waals surface area (Å²) in [6.45, 7) is 2.57. The van der Waals surface area contributed by atoms with Crippen LogP contribution in [0.15, 0.2) is 41.7 Å². The molecule has 1 amide bonds. The van der Waals surface area contributed by atoms with Crippen LogP contribution < -0.4 is 15.0 Å². The van der Waals surface area contributed by atoms with E-state index in [1.165, 1.54) is 0 Å². The third-order valence-corrected chi connectivity index (χ3v) is 4.42. The number of aryl methyl sites for hydroxylation is 1. The third kappa shape index (κ3) is 4.91. The van der Waals surface area contributed by atoms with E-state index in [-0.39, 0.29) is 12.5 Å². The molecule has 0 spiro atoms. The molecular weight excluding hydrogens is 368 g/mol. The molecule has 9 heteroatoms. The number of carbonyl (C=O) groups is 1. The molecule has 0 unspecified atom stereocenters. The largest absolute Gasteiger partial charge is 0.492 e. The minimum Gasteiger partial charge on any atom is -0.492 e. The number of nitrogens with one attached hydrogen (secondary N) is 1. The second kappa shape index (κ2) is 8.77. The second-order valence-corrected chi connectivity index (χ2v) is 6.56. The van der Waals surface area contributed by atoms with Gasteiger partial charge in [-0.2, -0.15) is 5.10 Å². The van der Waals surface area contributed by atoms with Crippen molar-refractivity contribution in [3.63, 3.8) is 0 Å². The number of aromatic nitrogens is 2. The van der Waals surface area contributed by atoms with Crippen LogP contribution in [-0.2, 0) is 11.8 Å². The molecule has 1 N–H and O–H groups in total. The lowest BCUT2D eigenvalue weighted by molar-refractivity contribution is -0.120. The molecule has 0 saturated carbocycles. The van der Waals surface area contributed by atoms with Crippen LogP contribution in [0, 0.1) is 0 Å². The van der Waals surface area contributed by atoms with E-state index in [0.717, 1.165) is 11.4 Å². The van der Waals surface area contributed by atoms with Gasteiger partial charge in [-0.15, -0.1) is 0 Å². The third-order valence-electron chi connectivity index (χ3n) is 4.18. The van der Waals surface area contributed by atoms with Gasteiger partial charge in [0.05, 0.1) is 18.4 Å². The van der Waals surface area contributed by atoms with E-state index < -0.39 is 0 Å². The van der Waals surface area contributed by atoms with Gasteiger partial charge in [-0.1, -0.05) is 17.7 Å². The lowest BCUT2D eigenvalue weighted by Gasteiger charge is -2.35. The molecular formula is C18H23ClN6O2. The minimum atomic E-state index is 0.0207. The zero-order valence-electron chi connectivity index (χ0n) is 15.4. The molecule has 27 heavy (non-hydrogen) atoms. The first-order valence-corrected chi connectivity index (χ1v) is 9.07. The van der Waals surface area contributed by atoms with Gasteiger partial charge >= 0.3 is 0 Å². The number of amides is 1. The summed E-state index contributed by atoms with van der Waals surface area (Å²) in [5, 5.41) is 8.00. The van der Waals surface area contributed by atoms with Crippen molar-refractivity contribution in [2.24, 2.45) is 12.0 Å². The van der Waals surface area contributed by atoms with Crippen LogP contribution in [0.1, 0.15) is 0 Å². The lowest BCUT2D eigenvalue weighted by atomic mass is 10.3. The molecule has 0 aliphatic carbocycles. The number of halogens is 1. The van der Waals surface area contributed by atoms with E-state index in [9.17, 15) is 4.79 Å². The molecule has 0 radical (unpaired) electrons. The number of benzene rings is 1. The number of guanidine groups is 1. The molecule has 2 aromatic rings. The first kappa shape index (κ1) is 19.0. The van der Waals surface area contributed by atoms with Crippen molar-refractivity contribution in [3.05, 3.63) is 41.7 Å². The number of piperazine rings is 1. The molecule has 1 aromatic heterocycles. The molecule has 0 bridgehead atoms. The van der Waals surface area contributed by atoms with E-state index >= 15 is 0 Å². The van der Waals surface area contributed by atoms with Crippen molar-refractivity contribution in [2.45, 2.75) is 0 Å². The van der Waals surface area contributed by atoms with Crippen molar-refractivity contribution >= 4 is 29.2 Å². The fourth-order valence-corrected chi connectivity index (χ4v) is 3.08. The maximum Gasteiger partial charge on any atom is 0.246 e. The Morgan fingerprint density at radius 2 is 2.26 bits per heavy atom. The quantitative estimate of drug-likeness (QED) is 0.474. The highest BCUT2D eigenvalue weighted by Crippen LogP contribution is 2.17. The summed E-state index contributed by atoms with van der Waals surface area (Å²) in [5.74, 6) is 1.43. The predicted molar refractivity (Wildman–Crippen MR) is 105 cm³/mol. The van der Waals surface area contributed by atoms with Gasteiger partial charge in [-0.3, -0.25) is 14.5 Å². The van der Waals surface area contributed by atoms with Crippen LogP contribution >= 0.6 is 11.6 Å². The fraction of sp³-hybridized carbons (Fsp3) is 0.389. The van der Waals surface area contributed by atoms with Gasteiger partial charge in [-0.25, -0.2) is 0 Å². The van der Waals surface area contributed by atoms with Crippen molar-refractivity contribution in [1.82, 2.24) is 20.0 Å². The Labute approximate surface area is 163 Å². The topological polar surface area (TPSA) is 75.0 Å². The normalized spacial score (nSPS) is 15.2. The molecule has 1 aromatic carbocycles. The molecule has 3 rings (SSSR count). The van der Waals surface area contributed by atoms with E-state index in [4.69, 9.17) is 16.3 Å². The molecule has 2 heterocycles. The molecule has 8 nitrogen and oxygen atoms in total. The van der Waals surface area contributed by atoms with Gasteiger partial charge in [-0.05, 0) is 18.2 Å². The zero-order chi connectivity index (χ0) is 19.2. The van der Waals surface area contributed by atoms with Crippen molar-refractivity contribution in [2.75, 3.05) is 44.7 Å². The van der Waals surface area contributed by atoms with Crippen LogP contribution in [0.2, 0.25) is 5.02 Å². The summed E-state index contributed by atoms with van der Waals surface area (Å²) in [4.78, 5) is 20.5. The maximum atomic E-state index is 12.5. The van der Waals surface area contributed by atoms with Gasteiger partial charge in [0.15, 0.2) is 5.96 Å². The van der Waals surface area contributed by atoms with Crippen molar-refractivity contribution in [1.29, 1.82) is 0 Å². The van der Waals surface area contributed by atoms with Crippen LogP contribution in [-0.4, -0.2) is 66.4 Å². The Hall–Kier alpha value is -2.74. The number of nitrogens with zero attached hydrogens (tertiary/aromatic N) is 5. The molecule has 1 aliphatic heterocycles. The zero-order valence-corrected chi connectivity index (χ0v) is 16.2. The summed E-state index contributed by atoms with van der Waals surface area (Å²) >= 11 is 5.94. The van der Waals surface area contributed by atoms with Crippen LogP contribution in [0.5, 0.6) is 5.75 Å². The number of anilines is 1. The first-order chi connectivity index (χ1) is 13.1. The predicted octanol–water partition coefficient (Wildman–Crippen LogP) is 1.38. The van der Waals surface area contributed by atoms with Crippen LogP contribution in [0.3, 0.4) is 0 Å². The van der Waals surface area contributed by atoms with Crippen molar-refractivity contribution < 1.29 is 9.53 Å². The Morgan fingerprint density at radius 3 is 2.93 bits per heavy atom. The summed E-state index contributed by atoms with van der Waals surface area (Å²) < 4.78 is 7.35. The average molecular weight is 391 g/mol. The van der Waals surface area contributed by atoms with Gasteiger partial charge in [0.1, 0.15) is 18.9 Å². The van der Waals surface area contributed by atoms with Crippen LogP contribution in [0.4, 0.5) is 5.69 Å². The van der Waals surface area contributed by atoms with E-state index in [1.54, 1.807) is 35.0 Å². The van der Waals surface area contributed by atoms with Crippen LogP contribution in [0.25, 0.3) is 0 Å². The Kier molecular flexibility index (Phi) is 6.18. The fourth-order valence-electron chi connectivity index (χ4n) is 2.90. The summed E-state index contributed by atoms with van der Waals surface area (Å²) in [6, 6.07) is 7.28. The standard InChI is InChI=1S/C18H23ClN6O2/c1-20-18(21-6-9-27-16-5-3-4-14(19)10-16)24-7-8-25(17(26)13-24)15-11-22-23(2)12-15/h3-5,10-12H,6-9,13H2,1-2H3,(H,20,21). The van der Waals surface area contributed by atoms with Gasteiger partial charge in [0.25, 0.3) is 0 Å². The average Bonchev–Trinajstić information content (AvgIpc) is 3.08. The van der Waals surface area contributed by atoms with Crippen molar-refractivity contribution in [3.8, 4) is 5.75 Å². The Bertz CT molecular complexity index is 822. The summed E-state index contributed by atoms with van der Waals surface area (Å²) in [7, 11) is 3.54. The molecule has 1 aliphatic rings. The highest BCUT2D eigenvalue weighted by atomic mass is 35.5. The molecule has 0 atom stereocenters. The first-order valence-electron chi connectivity index (χ1n) is 8.70. The SMILES string of the molecule is CN=C(NCCOc1cccc(Cl)c1)N1CCN(c2cnn(C)c2)C(=O)C1. The molecule has 144 valence electrons. The number of ether oxygens (including phenoxy) is 1. The summed E-state index contributed by atoms with van der Waals surface area (Å²) in [5.41, 5.74) is 0.819. The number of carbonyl (C=O) groups excluding carboxylic acids is 1. The monoisotopic (exact) mass is 390 g/mol. The molecule has 1 fully saturated rings. The van der Waals surface area contributed by atoms with E-state index in [1.807, 2.05) is 30.3 Å². The van der Waals surface area contributed by atoms with Gasteiger partial charge in [0.2, 0.25) is 5.91 Å².